The molecule has 0 aromatic heterocycles. The van der Waals surface area contributed by atoms with E-state index in [0.29, 0.717) is 17.1 Å². The lowest BCUT2D eigenvalue weighted by Gasteiger charge is -2.36. The van der Waals surface area contributed by atoms with E-state index < -0.39 is 0 Å². The van der Waals surface area contributed by atoms with Gasteiger partial charge in [-0.25, -0.2) is 0 Å². The molecule has 0 spiro atoms. The summed E-state index contributed by atoms with van der Waals surface area (Å²) in [6.45, 7) is 9.45. The topological polar surface area (TPSA) is 23.6 Å². The van der Waals surface area contributed by atoms with Gasteiger partial charge in [-0.05, 0) is 6.92 Å². The molecular formula is C16H38N2O. The molecule has 1 aliphatic rings. The van der Waals surface area contributed by atoms with Gasteiger partial charge in [0.1, 0.15) is 5.82 Å². The molecule has 0 bridgehead atoms. The fourth-order valence-corrected chi connectivity index (χ4v) is 1.27. The van der Waals surface area contributed by atoms with E-state index in [4.69, 9.17) is 0 Å². The molecule has 0 N–H and O–H groups in total. The van der Waals surface area contributed by atoms with Crippen LogP contribution in [0.25, 0.3) is 0 Å². The van der Waals surface area contributed by atoms with Crippen LogP contribution in [0.1, 0.15) is 51.5 Å². The predicted octanol–water partition coefficient (Wildman–Crippen LogP) is 5.14. The average molecular weight is 274 g/mol. The number of hydrogen-bond donors (Lipinski definition) is 0. The quantitative estimate of drug-likeness (QED) is 0.571. The molecule has 1 amide bonds. The van der Waals surface area contributed by atoms with Crippen molar-refractivity contribution in [3.63, 3.8) is 0 Å². The van der Waals surface area contributed by atoms with Crippen molar-refractivity contribution in [1.82, 2.24) is 9.80 Å². The summed E-state index contributed by atoms with van der Waals surface area (Å²) in [5.41, 5.74) is 1.34. The first-order valence-corrected chi connectivity index (χ1v) is 4.07. The second-order valence-electron chi connectivity index (χ2n) is 2.99. The van der Waals surface area contributed by atoms with E-state index in [-0.39, 0.29) is 50.5 Å². The number of carbonyl (C=O) groups excluding carboxylic acids is 1. The number of amides is 1. The first-order chi connectivity index (χ1) is 6.00. The van der Waals surface area contributed by atoms with Crippen molar-refractivity contribution in [3.8, 4) is 0 Å². The Morgan fingerprint density at radius 3 is 1.58 bits per heavy atom. The Morgan fingerprint density at radius 2 is 1.26 bits per heavy atom. The highest BCUT2D eigenvalue weighted by Gasteiger charge is 2.28. The number of rotatable bonds is 0. The molecule has 0 atom stereocenters. The minimum absolute atomic E-state index is 0. The predicted molar refractivity (Wildman–Crippen MR) is 93.0 cm³/mol. The Balaban J connectivity index is -0.0000000704. The third-order valence-electron chi connectivity index (χ3n) is 2.31. The largest absolute Gasteiger partial charge is 0.331 e. The highest BCUT2D eigenvalue weighted by molar-refractivity contribution is 5.99. The van der Waals surface area contributed by atoms with E-state index in [1.54, 1.807) is 18.0 Å². The molecule has 1 saturated heterocycles. The normalized spacial score (nSPS) is 14.9. The Kier molecular flexibility index (Phi) is 24.5. The van der Waals surface area contributed by atoms with Crippen LogP contribution in [-0.2, 0) is 4.79 Å². The lowest BCUT2D eigenvalue weighted by atomic mass is 10.1. The van der Waals surface area contributed by atoms with Crippen LogP contribution in [0.4, 0.5) is 0 Å². The van der Waals surface area contributed by atoms with Gasteiger partial charge in [-0.1, -0.05) is 63.8 Å². The maximum atomic E-state index is 11.6. The van der Waals surface area contributed by atoms with Crippen LogP contribution < -0.4 is 0 Å². The maximum Gasteiger partial charge on any atom is 0.260 e. The van der Waals surface area contributed by atoms with Gasteiger partial charge in [0.25, 0.3) is 5.91 Å². The minimum Gasteiger partial charge on any atom is -0.331 e. The monoisotopic (exact) mass is 274 g/mol. The van der Waals surface area contributed by atoms with Gasteiger partial charge in [-0.15, -0.1) is 0 Å². The van der Waals surface area contributed by atoms with Gasteiger partial charge >= 0.3 is 0 Å². The van der Waals surface area contributed by atoms with E-state index in [0.717, 1.165) is 0 Å². The molecule has 19 heavy (non-hydrogen) atoms. The zero-order valence-corrected chi connectivity index (χ0v) is 8.29. The summed E-state index contributed by atoms with van der Waals surface area (Å²) < 4.78 is 0. The third-order valence-corrected chi connectivity index (χ3v) is 2.31. The Morgan fingerprint density at radius 1 is 0.895 bits per heavy atom. The van der Waals surface area contributed by atoms with Crippen LogP contribution >= 0.6 is 0 Å². The molecule has 118 valence electrons. The smallest absolute Gasteiger partial charge is 0.260 e. The van der Waals surface area contributed by atoms with Crippen LogP contribution in [-0.4, -0.2) is 29.8 Å². The van der Waals surface area contributed by atoms with Gasteiger partial charge in [-0.2, -0.15) is 0 Å². The minimum atomic E-state index is -0.0457. The van der Waals surface area contributed by atoms with Gasteiger partial charge in [-0.3, -0.25) is 9.69 Å². The molecule has 0 aliphatic carbocycles. The molecule has 1 aliphatic heterocycles. The Hall–Kier alpha value is -1.51. The molecule has 0 aromatic carbocycles. The highest BCUT2D eigenvalue weighted by atomic mass is 16.2. The van der Waals surface area contributed by atoms with Crippen molar-refractivity contribution < 1.29 is 4.79 Å². The zero-order valence-electron chi connectivity index (χ0n) is 8.29. The highest BCUT2D eigenvalue weighted by Crippen LogP contribution is 2.25. The third kappa shape index (κ3) is 5.77. The van der Waals surface area contributed by atoms with Gasteiger partial charge in [0.05, 0.1) is 5.57 Å². The molecule has 0 unspecified atom stereocenters. The van der Waals surface area contributed by atoms with Crippen molar-refractivity contribution >= 4 is 5.91 Å². The van der Waals surface area contributed by atoms with Crippen LogP contribution in [0, 0.1) is 0 Å². The van der Waals surface area contributed by atoms with Crippen molar-refractivity contribution in [2.45, 2.75) is 51.5 Å². The van der Waals surface area contributed by atoms with Gasteiger partial charge in [0, 0.05) is 19.8 Å². The molecule has 1 rings (SSSR count). The average Bonchev–Trinajstić information content (AvgIpc) is 2.13. The van der Waals surface area contributed by atoms with Gasteiger partial charge < -0.3 is 4.90 Å². The van der Waals surface area contributed by atoms with Gasteiger partial charge in [0.15, 0.2) is 0 Å². The van der Waals surface area contributed by atoms with E-state index in [2.05, 4.69) is 13.2 Å². The fraction of sp³-hybridized carbons (Fsp3) is 0.562. The first-order valence-electron chi connectivity index (χ1n) is 4.07. The van der Waals surface area contributed by atoms with Gasteiger partial charge in [0.2, 0.25) is 0 Å². The van der Waals surface area contributed by atoms with E-state index in [9.17, 15) is 4.79 Å². The molecule has 1 heterocycles. The summed E-state index contributed by atoms with van der Waals surface area (Å²) in [6.07, 6.45) is 1.77. The van der Waals surface area contributed by atoms with Crippen molar-refractivity contribution in [2.75, 3.05) is 14.1 Å². The SMILES string of the molecule is C.C.C.C.C.C.C=C1/C(=C/C)C(=O)N(C)C(=C)N1C. The van der Waals surface area contributed by atoms with E-state index in [1.165, 1.54) is 4.90 Å². The molecule has 0 radical (unpaired) electrons. The Labute approximate surface area is 123 Å². The van der Waals surface area contributed by atoms with Crippen molar-refractivity contribution in [1.29, 1.82) is 0 Å². The van der Waals surface area contributed by atoms with E-state index in [1.807, 2.05) is 14.0 Å². The second-order valence-corrected chi connectivity index (χ2v) is 2.99. The van der Waals surface area contributed by atoms with Crippen LogP contribution in [0.2, 0.25) is 0 Å². The lowest BCUT2D eigenvalue weighted by molar-refractivity contribution is -0.126. The summed E-state index contributed by atoms with van der Waals surface area (Å²) >= 11 is 0. The zero-order chi connectivity index (χ0) is 10.2. The molecule has 3 heteroatoms. The Bertz CT molecular complexity index is 291. The maximum absolute atomic E-state index is 11.6. The summed E-state index contributed by atoms with van der Waals surface area (Å²) in [6, 6.07) is 0. The summed E-state index contributed by atoms with van der Waals surface area (Å²) in [7, 11) is 3.55. The molecule has 3 nitrogen and oxygen atoms in total. The lowest BCUT2D eigenvalue weighted by Crippen LogP contribution is -2.41. The number of carbonyl (C=O) groups is 1. The first kappa shape index (κ1) is 36.0. The summed E-state index contributed by atoms with van der Waals surface area (Å²) in [4.78, 5) is 15.0. The number of allylic oxidation sites excluding steroid dienone is 1. The van der Waals surface area contributed by atoms with Crippen molar-refractivity contribution in [2.24, 2.45) is 0 Å². The van der Waals surface area contributed by atoms with Crippen LogP contribution in [0.3, 0.4) is 0 Å². The molecule has 1 fully saturated rings. The number of nitrogens with zero attached hydrogens (tertiary/aromatic N) is 2. The molecule has 0 aromatic rings. The van der Waals surface area contributed by atoms with E-state index >= 15 is 0 Å². The second kappa shape index (κ2) is 12.9. The number of hydrogen-bond acceptors (Lipinski definition) is 2. The number of likely N-dealkylation sites (N-methyl/N-ethyl adjacent to an activating group) is 2. The van der Waals surface area contributed by atoms with Crippen molar-refractivity contribution in [3.05, 3.63) is 36.3 Å². The summed E-state index contributed by atoms with van der Waals surface area (Å²) in [5, 5.41) is 0. The molecule has 0 saturated carbocycles. The van der Waals surface area contributed by atoms with Crippen LogP contribution in [0.5, 0.6) is 0 Å². The summed E-state index contributed by atoms with van der Waals surface area (Å²) in [5.74, 6) is 0.608. The standard InChI is InChI=1S/C10H14N2O.6CH4/c1-6-9-7(2)11(4)8(3)12(5)10(9)13;;;;;;/h6H,2-3H2,1,4-5H3;6*1H4/b9-6-;;;;;;. The fourth-order valence-electron chi connectivity index (χ4n) is 1.27. The van der Waals surface area contributed by atoms with Crippen LogP contribution in [0.15, 0.2) is 36.3 Å². The molecular weight excluding hydrogens is 236 g/mol.